The highest BCUT2D eigenvalue weighted by Gasteiger charge is 2.25. The lowest BCUT2D eigenvalue weighted by atomic mass is 9.98. The van der Waals surface area contributed by atoms with Crippen LogP contribution in [-0.4, -0.2) is 33.2 Å². The molecule has 0 spiro atoms. The molecule has 0 radical (unpaired) electrons. The first kappa shape index (κ1) is 20.8. The summed E-state index contributed by atoms with van der Waals surface area (Å²) >= 11 is 13.9. The van der Waals surface area contributed by atoms with E-state index in [0.717, 1.165) is 0 Å². The first-order valence-corrected chi connectivity index (χ1v) is 10.4. The molecule has 2 amide bonds. The van der Waals surface area contributed by atoms with Crippen molar-refractivity contribution in [1.82, 2.24) is 25.5 Å². The van der Waals surface area contributed by atoms with E-state index in [9.17, 15) is 10.1 Å². The van der Waals surface area contributed by atoms with Gasteiger partial charge in [0.05, 0.1) is 15.3 Å². The zero-order chi connectivity index (χ0) is 22.0. The number of hydrogen-bond acceptors (Lipinski definition) is 6. The molecular weight excluding hydrogens is 457 g/mol. The Bertz CT molecular complexity index is 1310. The van der Waals surface area contributed by atoms with Gasteiger partial charge in [0.1, 0.15) is 18.2 Å². The highest BCUT2D eigenvalue weighted by atomic mass is 35.5. The van der Waals surface area contributed by atoms with Gasteiger partial charge in [-0.25, -0.2) is 14.8 Å². The molecule has 0 saturated carbocycles. The molecule has 3 N–H and O–H groups in total. The number of aromatic amines is 1. The summed E-state index contributed by atoms with van der Waals surface area (Å²) in [5.74, 6) is 0.855. The predicted molar refractivity (Wildman–Crippen MR) is 121 cm³/mol. The Labute approximate surface area is 190 Å². The molecule has 0 fully saturated rings. The van der Waals surface area contributed by atoms with Crippen LogP contribution in [0.3, 0.4) is 0 Å². The van der Waals surface area contributed by atoms with Crippen LogP contribution in [0.5, 0.6) is 0 Å². The number of urea groups is 1. The second-order valence-corrected chi connectivity index (χ2v) is 8.08. The molecule has 154 valence electrons. The minimum atomic E-state index is -0.396. The molecule has 11 heteroatoms. The first-order chi connectivity index (χ1) is 15.0. The van der Waals surface area contributed by atoms with E-state index in [1.165, 1.54) is 24.7 Å². The summed E-state index contributed by atoms with van der Waals surface area (Å²) in [6.07, 6.45) is 2.95. The van der Waals surface area contributed by atoms with Crippen LogP contribution in [0.1, 0.15) is 5.56 Å². The van der Waals surface area contributed by atoms with Crippen LogP contribution in [-0.2, 0) is 0 Å². The van der Waals surface area contributed by atoms with Gasteiger partial charge >= 0.3 is 6.03 Å². The number of H-pyrrole nitrogens is 1. The van der Waals surface area contributed by atoms with Crippen LogP contribution in [0.4, 0.5) is 10.6 Å². The lowest BCUT2D eigenvalue weighted by molar-refractivity contribution is 0.254. The Morgan fingerprint density at radius 2 is 2.03 bits per heavy atom. The molecule has 0 saturated heterocycles. The number of hydrogen-bond donors (Lipinski definition) is 3. The Morgan fingerprint density at radius 1 is 1.19 bits per heavy atom. The Hall–Kier alpha value is -3.45. The second kappa shape index (κ2) is 8.73. The van der Waals surface area contributed by atoms with E-state index in [1.54, 1.807) is 36.5 Å². The lowest BCUT2D eigenvalue weighted by Gasteiger charge is -2.07. The monoisotopic (exact) mass is 469 g/mol. The molecular formula is C20H13Cl2N7OS. The molecule has 0 aliphatic rings. The molecule has 0 unspecified atom stereocenters. The molecule has 3 heterocycles. The number of rotatable bonds is 4. The quantitative estimate of drug-likeness (QED) is 0.379. The van der Waals surface area contributed by atoms with E-state index in [0.29, 0.717) is 53.7 Å². The smallest absolute Gasteiger partial charge is 0.320 e. The lowest BCUT2D eigenvalue weighted by Crippen LogP contribution is -2.24. The Balaban J connectivity index is 1.94. The molecule has 0 aliphatic heterocycles. The maximum absolute atomic E-state index is 11.7. The van der Waals surface area contributed by atoms with Crippen molar-refractivity contribution in [3.05, 3.63) is 58.5 Å². The molecule has 4 rings (SSSR count). The third-order valence-corrected chi connectivity index (χ3v) is 6.13. The summed E-state index contributed by atoms with van der Waals surface area (Å²) in [7, 11) is 1.51. The average molecular weight is 470 g/mol. The number of nitrogens with one attached hydrogen (secondary N) is 3. The number of nitrogens with zero attached hydrogens (tertiary/aromatic N) is 4. The summed E-state index contributed by atoms with van der Waals surface area (Å²) in [5.41, 5.74) is 2.39. The van der Waals surface area contributed by atoms with Crippen LogP contribution < -0.4 is 10.6 Å². The van der Waals surface area contributed by atoms with Crippen LogP contribution >= 0.6 is 34.5 Å². The van der Waals surface area contributed by atoms with Crippen molar-refractivity contribution < 1.29 is 4.79 Å². The second-order valence-electron chi connectivity index (χ2n) is 6.21. The number of pyridine rings is 1. The number of nitriles is 1. The highest BCUT2D eigenvalue weighted by molar-refractivity contribution is 7.19. The van der Waals surface area contributed by atoms with Crippen molar-refractivity contribution in [2.75, 3.05) is 12.4 Å². The van der Waals surface area contributed by atoms with E-state index in [-0.39, 0.29) is 0 Å². The molecule has 0 aliphatic carbocycles. The van der Waals surface area contributed by atoms with Crippen LogP contribution in [0, 0.1) is 11.3 Å². The van der Waals surface area contributed by atoms with Gasteiger partial charge in [0.25, 0.3) is 0 Å². The summed E-state index contributed by atoms with van der Waals surface area (Å²) in [6, 6.07) is 10.5. The van der Waals surface area contributed by atoms with Crippen molar-refractivity contribution in [1.29, 1.82) is 5.26 Å². The van der Waals surface area contributed by atoms with Crippen LogP contribution in [0.2, 0.25) is 10.0 Å². The molecule has 4 aromatic rings. The fraction of sp³-hybridized carbons (Fsp3) is 0.0500. The van der Waals surface area contributed by atoms with Crippen molar-refractivity contribution in [2.24, 2.45) is 0 Å². The van der Waals surface area contributed by atoms with Gasteiger partial charge in [0, 0.05) is 34.4 Å². The maximum Gasteiger partial charge on any atom is 0.320 e. The van der Waals surface area contributed by atoms with Crippen molar-refractivity contribution in [3.63, 3.8) is 0 Å². The standard InChI is InChI=1S/C20H13Cl2N7OS/c1-24-20(30)28-15-6-10(4-5-25-15)17-13(8-23)16(12-3-2-11(21)7-14(12)22)18(31-17)19-26-9-27-29-19/h2-7,9H,1H3,(H,26,27,29)(H2,24,25,28,30). The maximum atomic E-state index is 11.7. The number of benzene rings is 1. The number of thiophene rings is 1. The minimum Gasteiger partial charge on any atom is -0.341 e. The molecule has 1 aromatic carbocycles. The van der Waals surface area contributed by atoms with Gasteiger partial charge in [-0.15, -0.1) is 11.3 Å². The summed E-state index contributed by atoms with van der Waals surface area (Å²) in [6.45, 7) is 0. The summed E-state index contributed by atoms with van der Waals surface area (Å²) in [4.78, 5) is 21.4. The fourth-order valence-electron chi connectivity index (χ4n) is 2.99. The summed E-state index contributed by atoms with van der Waals surface area (Å²) in [5, 5.41) is 22.9. The third kappa shape index (κ3) is 4.09. The van der Waals surface area contributed by atoms with Gasteiger partial charge in [-0.2, -0.15) is 10.4 Å². The highest BCUT2D eigenvalue weighted by Crippen LogP contribution is 2.48. The topological polar surface area (TPSA) is 119 Å². The fourth-order valence-corrected chi connectivity index (χ4v) is 4.70. The van der Waals surface area contributed by atoms with E-state index < -0.39 is 6.03 Å². The van der Waals surface area contributed by atoms with Crippen molar-refractivity contribution >= 4 is 46.4 Å². The number of carbonyl (C=O) groups is 1. The predicted octanol–water partition coefficient (Wildman–Crippen LogP) is 5.19. The van der Waals surface area contributed by atoms with Gasteiger partial charge < -0.3 is 5.32 Å². The molecule has 0 bridgehead atoms. The zero-order valence-corrected chi connectivity index (χ0v) is 18.2. The molecule has 3 aromatic heterocycles. The molecule has 0 atom stereocenters. The van der Waals surface area contributed by atoms with Gasteiger partial charge in [-0.1, -0.05) is 29.3 Å². The summed E-state index contributed by atoms with van der Waals surface area (Å²) < 4.78 is 0. The van der Waals surface area contributed by atoms with Gasteiger partial charge in [-0.3, -0.25) is 10.4 Å². The Morgan fingerprint density at radius 3 is 2.71 bits per heavy atom. The van der Waals surface area contributed by atoms with Gasteiger partial charge in [0.15, 0.2) is 5.82 Å². The number of anilines is 1. The minimum absolute atomic E-state index is 0.349. The Kier molecular flexibility index (Phi) is 5.86. The molecule has 8 nitrogen and oxygen atoms in total. The van der Waals surface area contributed by atoms with E-state index in [2.05, 4.69) is 36.9 Å². The van der Waals surface area contributed by atoms with E-state index >= 15 is 0 Å². The van der Waals surface area contributed by atoms with Crippen molar-refractivity contribution in [3.8, 4) is 38.3 Å². The number of carbonyl (C=O) groups excluding carboxylic acids is 1. The average Bonchev–Trinajstić information content (AvgIpc) is 3.41. The zero-order valence-electron chi connectivity index (χ0n) is 15.9. The van der Waals surface area contributed by atoms with E-state index in [4.69, 9.17) is 23.2 Å². The number of halogens is 2. The number of amides is 2. The van der Waals surface area contributed by atoms with Crippen molar-refractivity contribution in [2.45, 2.75) is 0 Å². The SMILES string of the molecule is CNC(=O)Nc1cc(-c2sc(-c3ncn[nH]3)c(-c3ccc(Cl)cc3Cl)c2C#N)ccn1. The third-order valence-electron chi connectivity index (χ3n) is 4.34. The van der Waals surface area contributed by atoms with Gasteiger partial charge in [-0.05, 0) is 29.8 Å². The first-order valence-electron chi connectivity index (χ1n) is 8.85. The normalized spacial score (nSPS) is 10.5. The van der Waals surface area contributed by atoms with Gasteiger partial charge in [0.2, 0.25) is 0 Å². The molecule has 31 heavy (non-hydrogen) atoms. The number of aromatic nitrogens is 4. The van der Waals surface area contributed by atoms with E-state index in [1.807, 2.05) is 0 Å². The largest absolute Gasteiger partial charge is 0.341 e. The van der Waals surface area contributed by atoms with Crippen LogP contribution in [0.25, 0.3) is 32.3 Å². The van der Waals surface area contributed by atoms with Crippen LogP contribution in [0.15, 0.2) is 42.9 Å².